The lowest BCUT2D eigenvalue weighted by molar-refractivity contribution is -0.458. The van der Waals surface area contributed by atoms with Gasteiger partial charge in [-0.3, -0.25) is 9.59 Å². The summed E-state index contributed by atoms with van der Waals surface area (Å²) >= 11 is 0. The fraction of sp³-hybridized carbons (Fsp3) is 0.857. The zero-order valence-electron chi connectivity index (χ0n) is 23.2. The molecule has 3 aliphatic heterocycles. The fourth-order valence-corrected chi connectivity index (χ4v) is 8.62. The summed E-state index contributed by atoms with van der Waals surface area (Å²) in [6.45, 7) is 21.1. The van der Waals surface area contributed by atoms with Gasteiger partial charge in [-0.1, -0.05) is 19.9 Å². The molecule has 0 radical (unpaired) electrons. The second-order valence-electron chi connectivity index (χ2n) is 13.4. The lowest BCUT2D eigenvalue weighted by atomic mass is 9.39. The van der Waals surface area contributed by atoms with Crippen molar-refractivity contribution in [1.82, 2.24) is 0 Å². The highest BCUT2D eigenvalue weighted by Crippen LogP contribution is 2.73. The molecule has 0 bridgehead atoms. The van der Waals surface area contributed by atoms with Crippen molar-refractivity contribution in [3.05, 3.63) is 12.7 Å². The Morgan fingerprint density at radius 1 is 1.03 bits per heavy atom. The predicted octanol–water partition coefficient (Wildman–Crippen LogP) is 4.09. The molecule has 9 atom stereocenters. The summed E-state index contributed by atoms with van der Waals surface area (Å²) in [5, 5.41) is 0. The Hall–Kier alpha value is -1.32. The van der Waals surface area contributed by atoms with E-state index in [4.69, 9.17) is 28.4 Å². The number of ether oxygens (including phenoxy) is 6. The molecule has 8 nitrogen and oxygen atoms in total. The first-order chi connectivity index (χ1) is 16.4. The van der Waals surface area contributed by atoms with Crippen LogP contribution in [0.1, 0.15) is 81.6 Å². The highest BCUT2D eigenvalue weighted by molar-refractivity contribution is 5.93. The molecule has 1 spiro atoms. The Morgan fingerprint density at radius 2 is 1.69 bits per heavy atom. The molecular weight excluding hydrogens is 464 g/mol. The molecule has 3 heterocycles. The van der Waals surface area contributed by atoms with Crippen LogP contribution in [0.4, 0.5) is 0 Å². The van der Waals surface area contributed by atoms with Crippen LogP contribution in [0.3, 0.4) is 0 Å². The van der Waals surface area contributed by atoms with Crippen molar-refractivity contribution in [1.29, 1.82) is 0 Å². The van der Waals surface area contributed by atoms with Crippen molar-refractivity contribution < 1.29 is 38.0 Å². The van der Waals surface area contributed by atoms with Crippen LogP contribution in [0.15, 0.2) is 12.7 Å². The molecule has 0 aromatic carbocycles. The first-order valence-corrected chi connectivity index (χ1v) is 13.1. The molecule has 0 N–H and O–H groups in total. The molecule has 5 aliphatic rings. The number of fused-ring (bicyclic) bond motifs is 3. The van der Waals surface area contributed by atoms with E-state index in [0.717, 1.165) is 6.42 Å². The number of hydrogen-bond acceptors (Lipinski definition) is 8. The van der Waals surface area contributed by atoms with Gasteiger partial charge in [0.1, 0.15) is 11.7 Å². The Bertz CT molecular complexity index is 1010. The molecule has 36 heavy (non-hydrogen) atoms. The van der Waals surface area contributed by atoms with Crippen LogP contribution in [-0.4, -0.2) is 65.0 Å². The topological polar surface area (TPSA) is 89.5 Å². The number of carbonyl (C=O) groups is 2. The van der Waals surface area contributed by atoms with Gasteiger partial charge in [-0.05, 0) is 54.4 Å². The third-order valence-corrected chi connectivity index (χ3v) is 9.71. The summed E-state index contributed by atoms with van der Waals surface area (Å²) in [5.74, 6) is -2.60. The monoisotopic (exact) mass is 506 g/mol. The van der Waals surface area contributed by atoms with E-state index in [1.165, 1.54) is 6.92 Å². The Labute approximate surface area is 214 Å². The van der Waals surface area contributed by atoms with Gasteiger partial charge in [0, 0.05) is 30.1 Å². The molecule has 2 aliphatic carbocycles. The summed E-state index contributed by atoms with van der Waals surface area (Å²) in [6.07, 6.45) is 1.88. The summed E-state index contributed by atoms with van der Waals surface area (Å²) in [4.78, 5) is 26.5. The molecule has 3 saturated heterocycles. The van der Waals surface area contributed by atoms with E-state index in [-0.39, 0.29) is 36.8 Å². The molecular formula is C28H42O8. The minimum absolute atomic E-state index is 0.0454. The third kappa shape index (κ3) is 3.17. The van der Waals surface area contributed by atoms with Gasteiger partial charge in [-0.2, -0.15) is 0 Å². The van der Waals surface area contributed by atoms with Crippen LogP contribution in [0.2, 0.25) is 0 Å². The molecule has 5 rings (SSSR count). The molecule has 0 unspecified atom stereocenters. The maximum atomic E-state index is 14.6. The Balaban J connectivity index is 1.80. The second kappa shape index (κ2) is 7.41. The van der Waals surface area contributed by atoms with Gasteiger partial charge in [0.15, 0.2) is 23.0 Å². The van der Waals surface area contributed by atoms with Crippen LogP contribution < -0.4 is 0 Å². The average molecular weight is 507 g/mol. The molecule has 8 heteroatoms. The number of Topliss-reactive ketones (excluding diaryl/α,β-unsaturated/α-hetero) is 1. The summed E-state index contributed by atoms with van der Waals surface area (Å²) in [7, 11) is 0. The van der Waals surface area contributed by atoms with Gasteiger partial charge in [0.2, 0.25) is 0 Å². The van der Waals surface area contributed by atoms with Crippen LogP contribution >= 0.6 is 0 Å². The largest absolute Gasteiger partial charge is 0.465 e. The predicted molar refractivity (Wildman–Crippen MR) is 130 cm³/mol. The molecule has 202 valence electrons. The van der Waals surface area contributed by atoms with Crippen molar-refractivity contribution in [2.75, 3.05) is 6.61 Å². The molecule has 5 fully saturated rings. The van der Waals surface area contributed by atoms with Gasteiger partial charge in [-0.15, -0.1) is 6.58 Å². The zero-order valence-corrected chi connectivity index (χ0v) is 23.2. The Kier molecular flexibility index (Phi) is 5.41. The average Bonchev–Trinajstić information content (AvgIpc) is 3.06. The normalized spacial score (nSPS) is 52.5. The molecule has 0 amide bonds. The number of ketones is 1. The quantitative estimate of drug-likeness (QED) is 0.418. The van der Waals surface area contributed by atoms with Gasteiger partial charge in [0.25, 0.3) is 0 Å². The van der Waals surface area contributed by atoms with Gasteiger partial charge in [0.05, 0.1) is 24.4 Å². The standard InChI is InChI=1S/C28H42O8/c1-11-25(8)14-17(30)28-26(9)18(32-23(5,6)35-28)12-13-24(7,15-31-16(2)29)20(26)19-21(27(28,10)36-25)34-22(3,4)33-19/h11,18-21H,1,12-15H2,2-10H3/t18-,19-,20-,21-,24-,25-,26-,27+,28-/m0/s1. The van der Waals surface area contributed by atoms with Crippen molar-refractivity contribution in [3.8, 4) is 0 Å². The van der Waals surface area contributed by atoms with Crippen molar-refractivity contribution >= 4 is 11.8 Å². The maximum absolute atomic E-state index is 14.6. The van der Waals surface area contributed by atoms with E-state index in [9.17, 15) is 9.59 Å². The smallest absolute Gasteiger partial charge is 0.302 e. The first kappa shape index (κ1) is 26.3. The number of carbonyl (C=O) groups excluding carboxylic acids is 2. The van der Waals surface area contributed by atoms with E-state index < -0.39 is 51.4 Å². The van der Waals surface area contributed by atoms with Crippen molar-refractivity contribution in [2.24, 2.45) is 16.7 Å². The summed E-state index contributed by atoms with van der Waals surface area (Å²) < 4.78 is 39.3. The van der Waals surface area contributed by atoms with E-state index in [0.29, 0.717) is 6.42 Å². The van der Waals surface area contributed by atoms with Crippen LogP contribution in [0, 0.1) is 16.7 Å². The van der Waals surface area contributed by atoms with Crippen LogP contribution in [0.5, 0.6) is 0 Å². The van der Waals surface area contributed by atoms with Crippen LogP contribution in [0.25, 0.3) is 0 Å². The first-order valence-electron chi connectivity index (χ1n) is 13.1. The lowest BCUT2D eigenvalue weighted by Gasteiger charge is -2.75. The SMILES string of the molecule is C=C[C@@]1(C)CC(=O)[C@@]23OC(C)(C)O[C@H]4CC[C@@](C)(COC(C)=O)[C@H]([C@@H]5OC(C)(C)O[C@@H]5[C@@]2(C)O1)[C@]43C. The highest BCUT2D eigenvalue weighted by Gasteiger charge is 2.86. The molecule has 0 aromatic heterocycles. The number of rotatable bonds is 3. The fourth-order valence-electron chi connectivity index (χ4n) is 8.62. The molecule has 0 aromatic rings. The van der Waals surface area contributed by atoms with Gasteiger partial charge in [-0.25, -0.2) is 0 Å². The number of hydrogen-bond donors (Lipinski definition) is 0. The zero-order chi connectivity index (χ0) is 26.7. The minimum atomic E-state index is -1.39. The van der Waals surface area contributed by atoms with Gasteiger partial charge < -0.3 is 28.4 Å². The van der Waals surface area contributed by atoms with Crippen LogP contribution in [-0.2, 0) is 38.0 Å². The third-order valence-electron chi connectivity index (χ3n) is 9.71. The summed E-state index contributed by atoms with van der Waals surface area (Å²) in [6, 6.07) is 0. The van der Waals surface area contributed by atoms with E-state index in [2.05, 4.69) is 20.4 Å². The van der Waals surface area contributed by atoms with Gasteiger partial charge >= 0.3 is 5.97 Å². The number of esters is 1. The highest BCUT2D eigenvalue weighted by atomic mass is 16.8. The minimum Gasteiger partial charge on any atom is -0.465 e. The van der Waals surface area contributed by atoms with E-state index in [1.807, 2.05) is 41.5 Å². The second-order valence-corrected chi connectivity index (χ2v) is 13.4. The van der Waals surface area contributed by atoms with Crippen molar-refractivity contribution in [3.63, 3.8) is 0 Å². The Morgan fingerprint density at radius 3 is 2.31 bits per heavy atom. The van der Waals surface area contributed by atoms with E-state index in [1.54, 1.807) is 6.08 Å². The lowest BCUT2D eigenvalue weighted by Crippen LogP contribution is -2.89. The summed E-state index contributed by atoms with van der Waals surface area (Å²) in [5.41, 5.74) is -4.84. The van der Waals surface area contributed by atoms with E-state index >= 15 is 0 Å². The van der Waals surface area contributed by atoms with Crippen molar-refractivity contribution in [2.45, 2.75) is 128 Å². The maximum Gasteiger partial charge on any atom is 0.302 e. The molecule has 2 saturated carbocycles.